The van der Waals surface area contributed by atoms with Crippen LogP contribution in [0.3, 0.4) is 0 Å². The van der Waals surface area contributed by atoms with Crippen LogP contribution < -0.4 is 15.8 Å². The first kappa shape index (κ1) is 15.1. The maximum atomic E-state index is 11.7. The molecule has 112 valence electrons. The zero-order valence-electron chi connectivity index (χ0n) is 11.6. The van der Waals surface area contributed by atoms with E-state index in [9.17, 15) is 8.42 Å². The van der Waals surface area contributed by atoms with Crippen LogP contribution in [-0.4, -0.2) is 34.7 Å². The molecule has 0 amide bonds. The number of nitrogen functional groups attached to an aromatic ring is 1. The molecule has 1 aliphatic heterocycles. The molecule has 1 aromatic rings. The zero-order valence-corrected chi connectivity index (χ0v) is 12.4. The van der Waals surface area contributed by atoms with E-state index in [1.165, 1.54) is 13.1 Å². The van der Waals surface area contributed by atoms with E-state index in [1.54, 1.807) is 12.1 Å². The van der Waals surface area contributed by atoms with Gasteiger partial charge in [0.2, 0.25) is 10.0 Å². The van der Waals surface area contributed by atoms with Gasteiger partial charge in [0, 0.05) is 18.8 Å². The first-order valence-electron chi connectivity index (χ1n) is 6.71. The van der Waals surface area contributed by atoms with E-state index in [0.29, 0.717) is 6.10 Å². The van der Waals surface area contributed by atoms with Crippen LogP contribution in [0.5, 0.6) is 0 Å². The van der Waals surface area contributed by atoms with Gasteiger partial charge in [0.15, 0.2) is 0 Å². The van der Waals surface area contributed by atoms with Gasteiger partial charge < -0.3 is 15.8 Å². The van der Waals surface area contributed by atoms with E-state index in [4.69, 9.17) is 10.5 Å². The van der Waals surface area contributed by atoms with E-state index in [2.05, 4.69) is 10.0 Å². The average Bonchev–Trinajstić information content (AvgIpc) is 2.92. The molecule has 0 bridgehead atoms. The van der Waals surface area contributed by atoms with Crippen molar-refractivity contribution in [2.24, 2.45) is 0 Å². The van der Waals surface area contributed by atoms with Gasteiger partial charge in [0.25, 0.3) is 0 Å². The number of hydrogen-bond donors (Lipinski definition) is 3. The molecule has 2 rings (SSSR count). The largest absolute Gasteiger partial charge is 0.398 e. The molecule has 0 aliphatic carbocycles. The molecule has 7 heteroatoms. The molecule has 20 heavy (non-hydrogen) atoms. The predicted molar refractivity (Wildman–Crippen MR) is 79.2 cm³/mol. The highest BCUT2D eigenvalue weighted by atomic mass is 32.2. The van der Waals surface area contributed by atoms with Crippen LogP contribution in [0.25, 0.3) is 0 Å². The zero-order chi connectivity index (χ0) is 14.6. The van der Waals surface area contributed by atoms with Crippen LogP contribution in [0.4, 0.5) is 11.4 Å². The summed E-state index contributed by atoms with van der Waals surface area (Å²) in [6.45, 7) is 1.64. The predicted octanol–water partition coefficient (Wildman–Crippen LogP) is 1.16. The van der Waals surface area contributed by atoms with Crippen molar-refractivity contribution in [3.8, 4) is 0 Å². The second-order valence-corrected chi connectivity index (χ2v) is 6.67. The number of anilines is 2. The topological polar surface area (TPSA) is 93.5 Å². The molecule has 1 atom stereocenters. The quantitative estimate of drug-likeness (QED) is 0.685. The minimum atomic E-state index is -3.50. The summed E-state index contributed by atoms with van der Waals surface area (Å²) in [6, 6.07) is 4.87. The summed E-state index contributed by atoms with van der Waals surface area (Å²) in [5.41, 5.74) is 6.85. The smallest absolute Gasteiger partial charge is 0.242 e. The molecule has 0 saturated carbocycles. The van der Waals surface area contributed by atoms with Gasteiger partial charge in [0.05, 0.1) is 11.8 Å². The van der Waals surface area contributed by atoms with Gasteiger partial charge in [-0.2, -0.15) is 0 Å². The Kier molecular flexibility index (Phi) is 4.85. The van der Waals surface area contributed by atoms with E-state index in [1.807, 2.05) is 0 Å². The minimum Gasteiger partial charge on any atom is -0.398 e. The number of rotatable bonds is 6. The van der Waals surface area contributed by atoms with Crippen molar-refractivity contribution in [2.45, 2.75) is 30.3 Å². The molecule has 1 unspecified atom stereocenters. The van der Waals surface area contributed by atoms with Gasteiger partial charge in [-0.05, 0) is 44.5 Å². The molecule has 1 fully saturated rings. The molecule has 0 spiro atoms. The molecule has 1 heterocycles. The van der Waals surface area contributed by atoms with Gasteiger partial charge in [-0.25, -0.2) is 13.1 Å². The van der Waals surface area contributed by atoms with Gasteiger partial charge in [-0.1, -0.05) is 0 Å². The standard InChI is InChI=1S/C13H21N3O3S/c1-15-20(17,18)13-5-4-10(9-12(13)14)16-7-6-11-3-2-8-19-11/h4-5,9,11,15-16H,2-3,6-8,14H2,1H3. The normalized spacial score (nSPS) is 19.1. The molecule has 6 nitrogen and oxygen atoms in total. The summed E-state index contributed by atoms with van der Waals surface area (Å²) < 4.78 is 31.2. The van der Waals surface area contributed by atoms with E-state index >= 15 is 0 Å². The second kappa shape index (κ2) is 6.43. The average molecular weight is 299 g/mol. The molecule has 0 radical (unpaired) electrons. The summed E-state index contributed by atoms with van der Waals surface area (Å²) in [4.78, 5) is 0.102. The highest BCUT2D eigenvalue weighted by molar-refractivity contribution is 7.89. The van der Waals surface area contributed by atoms with Gasteiger partial charge >= 0.3 is 0 Å². The van der Waals surface area contributed by atoms with Crippen LogP contribution in [0, 0.1) is 0 Å². The highest BCUT2D eigenvalue weighted by Crippen LogP contribution is 2.22. The minimum absolute atomic E-state index is 0.102. The molecule has 1 aliphatic rings. The Labute approximate surface area is 119 Å². The lowest BCUT2D eigenvalue weighted by atomic mass is 10.2. The molecule has 4 N–H and O–H groups in total. The Morgan fingerprint density at radius 3 is 2.85 bits per heavy atom. The number of benzene rings is 1. The van der Waals surface area contributed by atoms with Crippen LogP contribution in [0.1, 0.15) is 19.3 Å². The SMILES string of the molecule is CNS(=O)(=O)c1ccc(NCCC2CCCO2)cc1N. The maximum absolute atomic E-state index is 11.7. The lowest BCUT2D eigenvalue weighted by Gasteiger charge is -2.12. The van der Waals surface area contributed by atoms with Crippen molar-refractivity contribution in [3.63, 3.8) is 0 Å². The summed E-state index contributed by atoms with van der Waals surface area (Å²) >= 11 is 0. The molecule has 0 aromatic heterocycles. The van der Waals surface area contributed by atoms with Crippen LogP contribution in [-0.2, 0) is 14.8 Å². The Hall–Kier alpha value is -1.31. The lowest BCUT2D eigenvalue weighted by molar-refractivity contribution is 0.107. The molecule has 1 saturated heterocycles. The fourth-order valence-corrected chi connectivity index (χ4v) is 3.10. The Morgan fingerprint density at radius 1 is 1.45 bits per heavy atom. The fourth-order valence-electron chi connectivity index (χ4n) is 2.26. The molecular weight excluding hydrogens is 278 g/mol. The highest BCUT2D eigenvalue weighted by Gasteiger charge is 2.16. The third-order valence-corrected chi connectivity index (χ3v) is 4.88. The monoisotopic (exact) mass is 299 g/mol. The fraction of sp³-hybridized carbons (Fsp3) is 0.538. The van der Waals surface area contributed by atoms with Crippen molar-refractivity contribution in [1.29, 1.82) is 0 Å². The summed E-state index contributed by atoms with van der Waals surface area (Å²) in [5, 5.41) is 3.23. The van der Waals surface area contributed by atoms with Crippen molar-refractivity contribution in [2.75, 3.05) is 31.2 Å². The van der Waals surface area contributed by atoms with E-state index in [0.717, 1.165) is 38.1 Å². The van der Waals surface area contributed by atoms with Crippen LogP contribution >= 0.6 is 0 Å². The maximum Gasteiger partial charge on any atom is 0.242 e. The molecule has 1 aromatic carbocycles. The first-order valence-corrected chi connectivity index (χ1v) is 8.20. The Bertz CT molecular complexity index is 554. The van der Waals surface area contributed by atoms with E-state index < -0.39 is 10.0 Å². The van der Waals surface area contributed by atoms with Crippen LogP contribution in [0.2, 0.25) is 0 Å². The third-order valence-electron chi connectivity index (χ3n) is 3.39. The number of nitrogens with one attached hydrogen (secondary N) is 2. The van der Waals surface area contributed by atoms with Crippen molar-refractivity contribution in [1.82, 2.24) is 4.72 Å². The van der Waals surface area contributed by atoms with Crippen LogP contribution in [0.15, 0.2) is 23.1 Å². The number of hydrogen-bond acceptors (Lipinski definition) is 5. The summed E-state index contributed by atoms with van der Waals surface area (Å²) in [6.07, 6.45) is 3.53. The summed E-state index contributed by atoms with van der Waals surface area (Å²) in [7, 11) is -2.14. The number of sulfonamides is 1. The third kappa shape index (κ3) is 3.62. The number of nitrogens with two attached hydrogens (primary N) is 1. The van der Waals surface area contributed by atoms with Crippen molar-refractivity contribution >= 4 is 21.4 Å². The van der Waals surface area contributed by atoms with Gasteiger partial charge in [0.1, 0.15) is 4.90 Å². The molecular formula is C13H21N3O3S. The Balaban J connectivity index is 1.95. The lowest BCUT2D eigenvalue weighted by Crippen LogP contribution is -2.20. The Morgan fingerprint density at radius 2 is 2.25 bits per heavy atom. The second-order valence-electron chi connectivity index (χ2n) is 4.81. The van der Waals surface area contributed by atoms with Gasteiger partial charge in [-0.15, -0.1) is 0 Å². The summed E-state index contributed by atoms with van der Waals surface area (Å²) in [5.74, 6) is 0. The number of ether oxygens (including phenoxy) is 1. The van der Waals surface area contributed by atoms with Crippen molar-refractivity contribution < 1.29 is 13.2 Å². The van der Waals surface area contributed by atoms with Gasteiger partial charge in [-0.3, -0.25) is 0 Å². The van der Waals surface area contributed by atoms with Crippen molar-refractivity contribution in [3.05, 3.63) is 18.2 Å². The first-order chi connectivity index (χ1) is 9.53. The van der Waals surface area contributed by atoms with E-state index in [-0.39, 0.29) is 10.6 Å².